The van der Waals surface area contributed by atoms with Gasteiger partial charge in [-0.05, 0) is 49.4 Å². The fourth-order valence-electron chi connectivity index (χ4n) is 2.72. The molecule has 2 aromatic heterocycles. The maximum atomic E-state index is 12.6. The van der Waals surface area contributed by atoms with E-state index >= 15 is 0 Å². The lowest BCUT2D eigenvalue weighted by molar-refractivity contribution is -0.115. The number of nitrogens with one attached hydrogen (secondary N) is 1. The molecule has 1 aliphatic rings. The first-order chi connectivity index (χ1) is 13.2. The van der Waals surface area contributed by atoms with Crippen molar-refractivity contribution in [3.63, 3.8) is 0 Å². The molecule has 1 saturated carbocycles. The van der Waals surface area contributed by atoms with E-state index in [0.717, 1.165) is 28.7 Å². The van der Waals surface area contributed by atoms with Crippen LogP contribution in [0.25, 0.3) is 10.7 Å². The first kappa shape index (κ1) is 17.8. The van der Waals surface area contributed by atoms with Gasteiger partial charge in [0.2, 0.25) is 5.91 Å². The second kappa shape index (κ2) is 7.55. The molecule has 0 radical (unpaired) electrons. The molecule has 1 aromatic carbocycles. The summed E-state index contributed by atoms with van der Waals surface area (Å²) in [4.78, 5) is 13.7. The first-order valence-electron chi connectivity index (χ1n) is 8.62. The van der Waals surface area contributed by atoms with E-state index in [1.807, 2.05) is 24.4 Å². The summed E-state index contributed by atoms with van der Waals surface area (Å²) in [5.74, 6) is 0.752. The monoisotopic (exact) mass is 395 g/mol. The van der Waals surface area contributed by atoms with E-state index in [1.165, 1.54) is 11.8 Å². The molecule has 0 unspecified atom stereocenters. The van der Waals surface area contributed by atoms with E-state index in [2.05, 4.69) is 26.2 Å². The number of thiophene rings is 1. The molecule has 2 heterocycles. The predicted octanol–water partition coefficient (Wildman–Crippen LogP) is 4.33. The van der Waals surface area contributed by atoms with Gasteiger partial charge >= 0.3 is 0 Å². The van der Waals surface area contributed by atoms with Gasteiger partial charge in [-0.15, -0.1) is 21.5 Å². The van der Waals surface area contributed by atoms with Crippen LogP contribution in [-0.2, 0) is 4.79 Å². The Balaban J connectivity index is 1.50. The van der Waals surface area contributed by atoms with Gasteiger partial charge in [0.1, 0.15) is 0 Å². The average Bonchev–Trinajstić information content (AvgIpc) is 3.20. The molecule has 27 heavy (non-hydrogen) atoms. The van der Waals surface area contributed by atoms with Crippen molar-refractivity contribution in [3.05, 3.63) is 47.3 Å². The van der Waals surface area contributed by atoms with Crippen LogP contribution >= 0.6 is 23.1 Å². The first-order valence-corrected chi connectivity index (χ1v) is 10.4. The summed E-state index contributed by atoms with van der Waals surface area (Å²) in [7, 11) is 0. The quantitative estimate of drug-likeness (QED) is 0.628. The molecule has 8 heteroatoms. The zero-order valence-corrected chi connectivity index (χ0v) is 16.3. The SMILES string of the molecule is C[C@@H](Sc1nnc(-c2cccs2)n1C1CC1)C(=O)Nc1cccc(C#N)c1. The lowest BCUT2D eigenvalue weighted by Gasteiger charge is -2.13. The van der Waals surface area contributed by atoms with Gasteiger partial charge in [0, 0.05) is 11.7 Å². The van der Waals surface area contributed by atoms with Crippen LogP contribution in [0.4, 0.5) is 5.69 Å². The lowest BCUT2D eigenvalue weighted by Crippen LogP contribution is -2.23. The van der Waals surface area contributed by atoms with Crippen LogP contribution in [0, 0.1) is 11.3 Å². The molecule has 0 aliphatic heterocycles. The van der Waals surface area contributed by atoms with Crippen LogP contribution in [0.2, 0.25) is 0 Å². The van der Waals surface area contributed by atoms with Crippen LogP contribution < -0.4 is 5.32 Å². The van der Waals surface area contributed by atoms with Gasteiger partial charge < -0.3 is 5.32 Å². The van der Waals surface area contributed by atoms with Crippen LogP contribution in [0.5, 0.6) is 0 Å². The molecule has 3 aromatic rings. The Bertz CT molecular complexity index is 1000. The minimum absolute atomic E-state index is 0.127. The number of anilines is 1. The van der Waals surface area contributed by atoms with E-state index < -0.39 is 0 Å². The van der Waals surface area contributed by atoms with Crippen molar-refractivity contribution in [3.8, 4) is 16.8 Å². The third kappa shape index (κ3) is 3.89. The molecule has 6 nitrogen and oxygen atoms in total. The van der Waals surface area contributed by atoms with Crippen molar-refractivity contribution >= 4 is 34.7 Å². The number of rotatable bonds is 6. The molecule has 1 atom stereocenters. The third-order valence-corrected chi connectivity index (χ3v) is 6.15. The highest BCUT2D eigenvalue weighted by atomic mass is 32.2. The normalized spacial score (nSPS) is 14.5. The minimum Gasteiger partial charge on any atom is -0.325 e. The van der Waals surface area contributed by atoms with E-state index in [4.69, 9.17) is 5.26 Å². The largest absolute Gasteiger partial charge is 0.325 e. The van der Waals surface area contributed by atoms with E-state index in [-0.39, 0.29) is 11.2 Å². The van der Waals surface area contributed by atoms with Gasteiger partial charge in [0.15, 0.2) is 11.0 Å². The summed E-state index contributed by atoms with van der Waals surface area (Å²) in [6.07, 6.45) is 2.23. The fourth-order valence-corrected chi connectivity index (χ4v) is 4.34. The van der Waals surface area contributed by atoms with Gasteiger partial charge in [0.05, 0.1) is 21.8 Å². The van der Waals surface area contributed by atoms with Gasteiger partial charge in [0.25, 0.3) is 0 Å². The highest BCUT2D eigenvalue weighted by Gasteiger charge is 2.31. The molecule has 0 saturated heterocycles. The number of hydrogen-bond donors (Lipinski definition) is 1. The Morgan fingerprint density at radius 1 is 1.37 bits per heavy atom. The summed E-state index contributed by atoms with van der Waals surface area (Å²) in [6.45, 7) is 1.85. The fraction of sp³-hybridized carbons (Fsp3) is 0.263. The molecular weight excluding hydrogens is 378 g/mol. The van der Waals surface area contributed by atoms with Gasteiger partial charge in [-0.25, -0.2) is 0 Å². The number of aromatic nitrogens is 3. The summed E-state index contributed by atoms with van der Waals surface area (Å²) in [5, 5.41) is 23.0. The third-order valence-electron chi connectivity index (χ3n) is 4.23. The average molecular weight is 396 g/mol. The number of amides is 1. The Morgan fingerprint density at radius 2 is 2.22 bits per heavy atom. The van der Waals surface area contributed by atoms with E-state index in [0.29, 0.717) is 17.3 Å². The molecule has 0 spiro atoms. The standard InChI is InChI=1S/C19H17N5OS2/c1-12(18(25)21-14-5-2-4-13(10-14)11-20)27-19-23-22-17(16-6-3-9-26-16)24(19)15-7-8-15/h2-6,9-10,12,15H,7-8H2,1H3,(H,21,25)/t12-/m1/s1. The Labute approximate surface area is 165 Å². The molecule has 1 fully saturated rings. The Hall–Kier alpha value is -2.63. The number of nitrogens with zero attached hydrogens (tertiary/aromatic N) is 4. The van der Waals surface area contributed by atoms with Crippen molar-refractivity contribution in [1.29, 1.82) is 5.26 Å². The lowest BCUT2D eigenvalue weighted by atomic mass is 10.2. The molecule has 1 amide bonds. The Morgan fingerprint density at radius 3 is 2.93 bits per heavy atom. The predicted molar refractivity (Wildman–Crippen MR) is 107 cm³/mol. The van der Waals surface area contributed by atoms with E-state index in [1.54, 1.807) is 35.6 Å². The van der Waals surface area contributed by atoms with Crippen LogP contribution in [0.3, 0.4) is 0 Å². The van der Waals surface area contributed by atoms with Crippen molar-refractivity contribution in [2.75, 3.05) is 5.32 Å². The van der Waals surface area contributed by atoms with Crippen molar-refractivity contribution in [2.45, 2.75) is 36.2 Å². The highest BCUT2D eigenvalue weighted by Crippen LogP contribution is 2.42. The second-order valence-corrected chi connectivity index (χ2v) is 8.58. The van der Waals surface area contributed by atoms with Crippen molar-refractivity contribution < 1.29 is 4.79 Å². The summed E-state index contributed by atoms with van der Waals surface area (Å²) < 4.78 is 2.16. The van der Waals surface area contributed by atoms with Crippen molar-refractivity contribution in [2.24, 2.45) is 0 Å². The molecule has 0 bridgehead atoms. The highest BCUT2D eigenvalue weighted by molar-refractivity contribution is 8.00. The maximum absolute atomic E-state index is 12.6. The maximum Gasteiger partial charge on any atom is 0.237 e. The minimum atomic E-state index is -0.339. The van der Waals surface area contributed by atoms with Gasteiger partial charge in [-0.1, -0.05) is 23.9 Å². The molecule has 1 aliphatic carbocycles. The number of benzene rings is 1. The molecule has 4 rings (SSSR count). The zero-order valence-electron chi connectivity index (χ0n) is 14.6. The molecular formula is C19H17N5OS2. The molecule has 1 N–H and O–H groups in total. The topological polar surface area (TPSA) is 83.6 Å². The number of thioether (sulfide) groups is 1. The van der Waals surface area contributed by atoms with Crippen LogP contribution in [0.1, 0.15) is 31.4 Å². The number of carbonyl (C=O) groups is 1. The number of hydrogen-bond acceptors (Lipinski definition) is 6. The van der Waals surface area contributed by atoms with E-state index in [9.17, 15) is 4.79 Å². The molecule has 136 valence electrons. The number of carbonyl (C=O) groups excluding carboxylic acids is 1. The summed E-state index contributed by atoms with van der Waals surface area (Å²) in [6, 6.07) is 13.4. The van der Waals surface area contributed by atoms with Crippen molar-refractivity contribution in [1.82, 2.24) is 14.8 Å². The van der Waals surface area contributed by atoms with Crippen LogP contribution in [-0.4, -0.2) is 25.9 Å². The zero-order chi connectivity index (χ0) is 18.8. The second-order valence-electron chi connectivity index (χ2n) is 6.33. The van der Waals surface area contributed by atoms with Gasteiger partial charge in [-0.2, -0.15) is 5.26 Å². The summed E-state index contributed by atoms with van der Waals surface area (Å²) >= 11 is 3.05. The Kier molecular flexibility index (Phi) is 4.97. The van der Waals surface area contributed by atoms with Crippen LogP contribution in [0.15, 0.2) is 46.9 Å². The smallest absolute Gasteiger partial charge is 0.237 e. The number of nitriles is 1. The van der Waals surface area contributed by atoms with Gasteiger partial charge in [-0.3, -0.25) is 9.36 Å². The summed E-state index contributed by atoms with van der Waals surface area (Å²) in [5.41, 5.74) is 1.14.